The maximum Gasteiger partial charge on any atom is 0.131 e. The maximum atomic E-state index is 4.38. The quantitative estimate of drug-likeness (QED) is 0.763. The minimum atomic E-state index is 0.454. The molecule has 2 aromatic heterocycles. The number of rotatable bonds is 7. The third-order valence-electron chi connectivity index (χ3n) is 3.16. The number of aromatic nitrogens is 4. The van der Waals surface area contributed by atoms with Crippen LogP contribution >= 0.6 is 0 Å². The highest BCUT2D eigenvalue weighted by atomic mass is 14.9. The first-order chi connectivity index (χ1) is 9.40. The Labute approximate surface area is 114 Å². The Bertz CT molecular complexity index is 458. The molecule has 0 saturated heterocycles. The summed E-state index contributed by atoms with van der Waals surface area (Å²) in [5.74, 6) is 2.35. The molecule has 0 radical (unpaired) electrons. The van der Waals surface area contributed by atoms with Crippen molar-refractivity contribution in [2.75, 3.05) is 0 Å². The van der Waals surface area contributed by atoms with Crippen LogP contribution in [-0.4, -0.2) is 19.9 Å². The SMILES string of the molecule is CCCC(CCCc1ncccn1)c1ncccn1. The molecule has 0 amide bonds. The van der Waals surface area contributed by atoms with Crippen molar-refractivity contribution < 1.29 is 0 Å². The average molecular weight is 256 g/mol. The third-order valence-corrected chi connectivity index (χ3v) is 3.16. The lowest BCUT2D eigenvalue weighted by atomic mass is 9.96. The fraction of sp³-hybridized carbons (Fsp3) is 0.467. The molecule has 0 saturated carbocycles. The van der Waals surface area contributed by atoms with E-state index in [1.165, 1.54) is 0 Å². The van der Waals surface area contributed by atoms with Gasteiger partial charge in [-0.2, -0.15) is 0 Å². The summed E-state index contributed by atoms with van der Waals surface area (Å²) in [6.07, 6.45) is 12.6. The molecular weight excluding hydrogens is 236 g/mol. The summed E-state index contributed by atoms with van der Waals surface area (Å²) in [4.78, 5) is 17.3. The Kier molecular flexibility index (Phi) is 5.41. The normalized spacial score (nSPS) is 12.3. The minimum Gasteiger partial charge on any atom is -0.241 e. The lowest BCUT2D eigenvalue weighted by Crippen LogP contribution is -2.05. The highest BCUT2D eigenvalue weighted by Gasteiger charge is 2.13. The van der Waals surface area contributed by atoms with Gasteiger partial charge in [0.2, 0.25) is 0 Å². The van der Waals surface area contributed by atoms with E-state index in [0.29, 0.717) is 5.92 Å². The van der Waals surface area contributed by atoms with Gasteiger partial charge in [-0.25, -0.2) is 19.9 Å². The van der Waals surface area contributed by atoms with Crippen molar-refractivity contribution >= 4 is 0 Å². The van der Waals surface area contributed by atoms with Gasteiger partial charge in [0.25, 0.3) is 0 Å². The van der Waals surface area contributed by atoms with Gasteiger partial charge in [-0.3, -0.25) is 0 Å². The molecule has 0 aromatic carbocycles. The molecular formula is C15H20N4. The van der Waals surface area contributed by atoms with Gasteiger partial charge in [0.1, 0.15) is 11.6 Å². The fourth-order valence-electron chi connectivity index (χ4n) is 2.24. The van der Waals surface area contributed by atoms with Crippen LogP contribution in [0.5, 0.6) is 0 Å². The number of aryl methyl sites for hydroxylation is 1. The zero-order valence-electron chi connectivity index (χ0n) is 11.4. The lowest BCUT2D eigenvalue weighted by Gasteiger charge is -2.13. The Morgan fingerprint density at radius 3 is 2.16 bits per heavy atom. The van der Waals surface area contributed by atoms with Crippen LogP contribution in [0.4, 0.5) is 0 Å². The summed E-state index contributed by atoms with van der Waals surface area (Å²) in [6.45, 7) is 2.20. The van der Waals surface area contributed by atoms with Crippen LogP contribution in [0.25, 0.3) is 0 Å². The molecule has 0 aliphatic rings. The summed E-state index contributed by atoms with van der Waals surface area (Å²) in [7, 11) is 0. The zero-order valence-corrected chi connectivity index (χ0v) is 11.4. The Hall–Kier alpha value is -1.84. The fourth-order valence-corrected chi connectivity index (χ4v) is 2.24. The summed E-state index contributed by atoms with van der Waals surface area (Å²) >= 11 is 0. The summed E-state index contributed by atoms with van der Waals surface area (Å²) in [6, 6.07) is 3.71. The van der Waals surface area contributed by atoms with Crippen molar-refractivity contribution in [3.05, 3.63) is 48.6 Å². The van der Waals surface area contributed by atoms with Gasteiger partial charge in [-0.15, -0.1) is 0 Å². The Balaban J connectivity index is 1.87. The summed E-state index contributed by atoms with van der Waals surface area (Å²) < 4.78 is 0. The van der Waals surface area contributed by atoms with E-state index < -0.39 is 0 Å². The van der Waals surface area contributed by atoms with Crippen molar-refractivity contribution in [3.63, 3.8) is 0 Å². The molecule has 0 spiro atoms. The molecule has 1 unspecified atom stereocenters. The van der Waals surface area contributed by atoms with Crippen LogP contribution in [-0.2, 0) is 6.42 Å². The van der Waals surface area contributed by atoms with Gasteiger partial charge < -0.3 is 0 Å². The van der Waals surface area contributed by atoms with E-state index in [2.05, 4.69) is 26.9 Å². The topological polar surface area (TPSA) is 51.6 Å². The Morgan fingerprint density at radius 1 is 0.895 bits per heavy atom. The molecule has 0 aliphatic carbocycles. The predicted molar refractivity (Wildman–Crippen MR) is 74.7 cm³/mol. The first-order valence-electron chi connectivity index (χ1n) is 6.93. The lowest BCUT2D eigenvalue weighted by molar-refractivity contribution is 0.517. The largest absolute Gasteiger partial charge is 0.241 e. The molecule has 4 heteroatoms. The second-order valence-electron chi connectivity index (χ2n) is 4.65. The second-order valence-corrected chi connectivity index (χ2v) is 4.65. The van der Waals surface area contributed by atoms with Crippen molar-refractivity contribution in [2.24, 2.45) is 0 Å². The maximum absolute atomic E-state index is 4.38. The van der Waals surface area contributed by atoms with Crippen LogP contribution in [0, 0.1) is 0 Å². The predicted octanol–water partition coefficient (Wildman–Crippen LogP) is 3.17. The summed E-state index contributed by atoms with van der Waals surface area (Å²) in [5, 5.41) is 0. The molecule has 2 aromatic rings. The number of hydrogen-bond donors (Lipinski definition) is 0. The smallest absolute Gasteiger partial charge is 0.131 e. The highest BCUT2D eigenvalue weighted by Crippen LogP contribution is 2.23. The first-order valence-corrected chi connectivity index (χ1v) is 6.93. The van der Waals surface area contributed by atoms with Crippen molar-refractivity contribution in [3.8, 4) is 0 Å². The first kappa shape index (κ1) is 13.6. The number of hydrogen-bond acceptors (Lipinski definition) is 4. The van der Waals surface area contributed by atoms with Crippen LogP contribution in [0.1, 0.15) is 50.2 Å². The van der Waals surface area contributed by atoms with Crippen LogP contribution in [0.3, 0.4) is 0 Å². The van der Waals surface area contributed by atoms with Gasteiger partial charge >= 0.3 is 0 Å². The van der Waals surface area contributed by atoms with Gasteiger partial charge in [-0.1, -0.05) is 13.3 Å². The zero-order chi connectivity index (χ0) is 13.3. The van der Waals surface area contributed by atoms with Gasteiger partial charge in [0.05, 0.1) is 0 Å². The van der Waals surface area contributed by atoms with Crippen LogP contribution in [0.15, 0.2) is 36.9 Å². The van der Waals surface area contributed by atoms with E-state index in [1.54, 1.807) is 12.4 Å². The van der Waals surface area contributed by atoms with Crippen molar-refractivity contribution in [2.45, 2.75) is 44.9 Å². The molecule has 19 heavy (non-hydrogen) atoms. The Morgan fingerprint density at radius 2 is 1.53 bits per heavy atom. The number of nitrogens with zero attached hydrogens (tertiary/aromatic N) is 4. The van der Waals surface area contributed by atoms with E-state index in [-0.39, 0.29) is 0 Å². The van der Waals surface area contributed by atoms with Crippen LogP contribution < -0.4 is 0 Å². The van der Waals surface area contributed by atoms with Gasteiger partial charge in [0, 0.05) is 37.1 Å². The van der Waals surface area contributed by atoms with E-state index in [0.717, 1.165) is 43.8 Å². The molecule has 100 valence electrons. The minimum absolute atomic E-state index is 0.454. The van der Waals surface area contributed by atoms with Crippen molar-refractivity contribution in [1.82, 2.24) is 19.9 Å². The molecule has 0 aliphatic heterocycles. The summed E-state index contributed by atoms with van der Waals surface area (Å²) in [5.41, 5.74) is 0. The van der Waals surface area contributed by atoms with E-state index in [9.17, 15) is 0 Å². The molecule has 0 bridgehead atoms. The second kappa shape index (κ2) is 7.56. The monoisotopic (exact) mass is 256 g/mol. The van der Waals surface area contributed by atoms with Crippen LogP contribution in [0.2, 0.25) is 0 Å². The molecule has 2 rings (SSSR count). The average Bonchev–Trinajstić information content (AvgIpc) is 2.48. The third kappa shape index (κ3) is 4.39. The molecule has 1 atom stereocenters. The standard InChI is InChI=1S/C15H20N4/c1-2-6-13(15-18-11-5-12-19-15)7-3-8-14-16-9-4-10-17-14/h4-5,9-13H,2-3,6-8H2,1H3. The van der Waals surface area contributed by atoms with Gasteiger partial charge in [0.15, 0.2) is 0 Å². The van der Waals surface area contributed by atoms with Crippen molar-refractivity contribution in [1.29, 1.82) is 0 Å². The van der Waals surface area contributed by atoms with E-state index >= 15 is 0 Å². The van der Waals surface area contributed by atoms with E-state index in [1.807, 2.05) is 24.5 Å². The van der Waals surface area contributed by atoms with Gasteiger partial charge in [-0.05, 0) is 31.4 Å². The molecule has 4 nitrogen and oxygen atoms in total. The van der Waals surface area contributed by atoms with E-state index in [4.69, 9.17) is 0 Å². The highest BCUT2D eigenvalue weighted by molar-refractivity contribution is 4.97. The molecule has 0 fully saturated rings. The molecule has 0 N–H and O–H groups in total. The molecule has 2 heterocycles.